The number of fused-ring (bicyclic) bond motifs is 5. The number of aryl methyl sites for hydroxylation is 8. The molecule has 22 heteroatoms. The van der Waals surface area contributed by atoms with E-state index >= 15 is 0 Å². The SMILES string of the molecule is C#CCCC.CC1(C)CNCc2ccccc2O1.CC1CCc2ccc(C(CCO)C(C)(C)C)cc21.CC1CCc2ccc(C(CCOS(C)(=O)=O)C(C)(C)C)cc21.CCCc1cn(CCC(c2ccc3c(c2)C(C)CC3)C(C)(C)C)nn1.CCCc1cn(CCC(c2ccc3c(c2)C(O)CC3)C(C)(C)C)nn1.O=C=O.O=C=O.O=C=O.O=C=O. The first-order valence-corrected chi connectivity index (χ1v) is 44.6. The van der Waals surface area contributed by atoms with E-state index in [1.807, 2.05) is 27.6 Å². The van der Waals surface area contributed by atoms with Gasteiger partial charge in [-0.2, -0.15) is 46.8 Å². The Morgan fingerprint density at radius 3 is 1.22 bits per heavy atom. The van der Waals surface area contributed by atoms with Crippen molar-refractivity contribution in [3.05, 3.63) is 193 Å². The third kappa shape index (κ3) is 36.0. The minimum Gasteiger partial charge on any atom is -0.486 e. The number of carbonyl (C=O) groups excluding carboxylic acids is 8. The summed E-state index contributed by atoms with van der Waals surface area (Å²) in [5.41, 5.74) is 21.1. The number of aromatic nitrogens is 6. The van der Waals surface area contributed by atoms with Crippen molar-refractivity contribution < 1.29 is 65.9 Å². The van der Waals surface area contributed by atoms with E-state index in [4.69, 9.17) is 53.7 Å². The van der Waals surface area contributed by atoms with Gasteiger partial charge in [-0.25, -0.2) is 0 Å². The molecule has 0 fully saturated rings. The van der Waals surface area contributed by atoms with Gasteiger partial charge in [-0.05, 0) is 246 Å². The maximum absolute atomic E-state index is 11.2. The molecule has 8 unspecified atom stereocenters. The van der Waals surface area contributed by atoms with E-state index in [9.17, 15) is 18.6 Å². The largest absolute Gasteiger partial charge is 0.486 e. The summed E-state index contributed by atoms with van der Waals surface area (Å²) in [5.74, 6) is 7.25. The fourth-order valence-electron chi connectivity index (χ4n) is 16.7. The van der Waals surface area contributed by atoms with Crippen LogP contribution in [0.5, 0.6) is 5.75 Å². The number of nitrogens with one attached hydrogen (secondary N) is 1. The van der Waals surface area contributed by atoms with Gasteiger partial charge in [-0.1, -0.05) is 239 Å². The zero-order valence-corrected chi connectivity index (χ0v) is 76.8. The van der Waals surface area contributed by atoms with Crippen LogP contribution in [0.25, 0.3) is 0 Å². The van der Waals surface area contributed by atoms with Gasteiger partial charge in [0.15, 0.2) is 0 Å². The van der Waals surface area contributed by atoms with Gasteiger partial charge in [0.25, 0.3) is 10.1 Å². The van der Waals surface area contributed by atoms with Crippen molar-refractivity contribution in [3.63, 3.8) is 0 Å². The normalized spacial score (nSPS) is 17.1. The molecule has 7 aromatic rings. The molecule has 1 aliphatic heterocycles. The van der Waals surface area contributed by atoms with Crippen molar-refractivity contribution in [3.8, 4) is 18.1 Å². The second-order valence-corrected chi connectivity index (χ2v) is 38.7. The highest BCUT2D eigenvalue weighted by molar-refractivity contribution is 7.86. The van der Waals surface area contributed by atoms with Gasteiger partial charge in [0, 0.05) is 57.2 Å². The zero-order chi connectivity index (χ0) is 90.2. The number of unbranched alkanes of at least 4 members (excludes halogenated alkanes) is 1. The molecule has 8 atom stereocenters. The van der Waals surface area contributed by atoms with Crippen molar-refractivity contribution in [2.24, 2.45) is 21.7 Å². The Labute approximate surface area is 717 Å². The number of para-hydroxylation sites is 1. The second kappa shape index (κ2) is 51.7. The zero-order valence-electron chi connectivity index (χ0n) is 75.9. The summed E-state index contributed by atoms with van der Waals surface area (Å²) in [6.45, 7) is 49.1. The molecule has 0 bridgehead atoms. The summed E-state index contributed by atoms with van der Waals surface area (Å²) >= 11 is 0. The topological polar surface area (TPSA) is 303 Å². The number of hydrogen-bond acceptors (Lipinski definition) is 19. The summed E-state index contributed by atoms with van der Waals surface area (Å²) in [4.78, 5) is 65.0. The molecule has 4 aliphatic carbocycles. The van der Waals surface area contributed by atoms with E-state index in [1.165, 1.54) is 88.6 Å². The minimum absolute atomic E-state index is 0.0664. The molecule has 0 amide bonds. The summed E-state index contributed by atoms with van der Waals surface area (Å²) in [6, 6.07) is 35.9. The molecule has 3 heterocycles. The first-order valence-electron chi connectivity index (χ1n) is 42.8. The van der Waals surface area contributed by atoms with Crippen molar-refractivity contribution in [2.45, 2.75) is 327 Å². The fraction of sp³-hybridized carbons (Fsp3) is 0.592. The highest BCUT2D eigenvalue weighted by Crippen LogP contribution is 2.46. The average molecular weight is 1670 g/mol. The molecule has 0 saturated carbocycles. The number of rotatable bonds is 21. The van der Waals surface area contributed by atoms with Crippen LogP contribution in [0.3, 0.4) is 0 Å². The van der Waals surface area contributed by atoms with E-state index < -0.39 is 10.1 Å². The predicted molar refractivity (Wildman–Crippen MR) is 469 cm³/mol. The molecule has 658 valence electrons. The molecule has 3 N–H and O–H groups in total. The van der Waals surface area contributed by atoms with E-state index in [0.717, 1.165) is 126 Å². The molecule has 5 aliphatic rings. The number of terminal acetylenes is 1. The van der Waals surface area contributed by atoms with Gasteiger partial charge >= 0.3 is 24.6 Å². The maximum atomic E-state index is 11.2. The van der Waals surface area contributed by atoms with E-state index in [1.54, 1.807) is 16.7 Å². The highest BCUT2D eigenvalue weighted by Gasteiger charge is 2.34. The van der Waals surface area contributed by atoms with Gasteiger partial charge in [-0.3, -0.25) is 13.5 Å². The molecule has 0 spiro atoms. The van der Waals surface area contributed by atoms with E-state index in [-0.39, 0.29) is 77.1 Å². The number of nitrogens with zero attached hydrogens (tertiary/aromatic N) is 6. The van der Waals surface area contributed by atoms with Crippen molar-refractivity contribution in [1.82, 2.24) is 35.3 Å². The maximum Gasteiger partial charge on any atom is 0.373 e. The summed E-state index contributed by atoms with van der Waals surface area (Å²) in [7, 11) is -3.37. The Bertz CT molecular complexity index is 4350. The molecule has 5 aromatic carbocycles. The monoisotopic (exact) mass is 1670 g/mol. The van der Waals surface area contributed by atoms with Gasteiger partial charge in [-0.15, -0.1) is 22.5 Å². The van der Waals surface area contributed by atoms with Crippen molar-refractivity contribution >= 4 is 34.7 Å². The van der Waals surface area contributed by atoms with Gasteiger partial charge in [0.05, 0.1) is 30.4 Å². The lowest BCUT2D eigenvalue weighted by molar-refractivity contribution is -0.193. The highest BCUT2D eigenvalue weighted by atomic mass is 32.2. The van der Waals surface area contributed by atoms with Crippen LogP contribution in [-0.2, 0) is 111 Å². The Kier molecular flexibility index (Phi) is 45.4. The van der Waals surface area contributed by atoms with Crippen molar-refractivity contribution in [1.29, 1.82) is 0 Å². The molecule has 0 saturated heterocycles. The first kappa shape index (κ1) is 105. The summed E-state index contributed by atoms with van der Waals surface area (Å²) in [5, 5.41) is 40.0. The fourth-order valence-corrected chi connectivity index (χ4v) is 17.1. The van der Waals surface area contributed by atoms with Crippen LogP contribution in [0.1, 0.15) is 347 Å². The smallest absolute Gasteiger partial charge is 0.373 e. The average Bonchev–Trinajstić information content (AvgIpc) is 1.61. The molecule has 12 rings (SSSR count). The number of hydrogen-bond donors (Lipinski definition) is 3. The predicted octanol–water partition coefficient (Wildman–Crippen LogP) is 19.4. The molecule has 0 radical (unpaired) electrons. The molecule has 2 aromatic heterocycles. The van der Waals surface area contributed by atoms with Crippen LogP contribution >= 0.6 is 0 Å². The molecule has 120 heavy (non-hydrogen) atoms. The second-order valence-electron chi connectivity index (χ2n) is 37.1. The molecular weight excluding hydrogens is 1530 g/mol. The summed E-state index contributed by atoms with van der Waals surface area (Å²) < 4.78 is 37.2. The van der Waals surface area contributed by atoms with Crippen molar-refractivity contribution in [2.75, 3.05) is 26.0 Å². The quantitative estimate of drug-likeness (QED) is 0.0445. The van der Waals surface area contributed by atoms with E-state index in [0.29, 0.717) is 41.9 Å². The van der Waals surface area contributed by atoms with Crippen LogP contribution in [0.15, 0.2) is 109 Å². The summed E-state index contributed by atoms with van der Waals surface area (Å²) in [6.07, 6.45) is 30.2. The Morgan fingerprint density at radius 1 is 0.525 bits per heavy atom. The molecule has 21 nitrogen and oxygen atoms in total. The lowest BCUT2D eigenvalue weighted by Crippen LogP contribution is -2.37. The lowest BCUT2D eigenvalue weighted by Gasteiger charge is -2.32. The third-order valence-electron chi connectivity index (χ3n) is 22.9. The van der Waals surface area contributed by atoms with Crippen LogP contribution in [-0.4, -0.2) is 105 Å². The number of benzene rings is 5. The van der Waals surface area contributed by atoms with Gasteiger partial charge < -0.3 is 20.3 Å². The van der Waals surface area contributed by atoms with Crippen LogP contribution < -0.4 is 10.1 Å². The van der Waals surface area contributed by atoms with Gasteiger partial charge in [0.2, 0.25) is 0 Å². The van der Waals surface area contributed by atoms with Crippen LogP contribution in [0.2, 0.25) is 0 Å². The Morgan fingerprint density at radius 2 is 0.875 bits per heavy atom. The van der Waals surface area contributed by atoms with Crippen LogP contribution in [0.4, 0.5) is 0 Å². The Balaban J connectivity index is 0.000000373. The first-order chi connectivity index (χ1) is 56.5. The number of aliphatic hydroxyl groups excluding tert-OH is 2. The number of aliphatic hydroxyl groups is 2. The van der Waals surface area contributed by atoms with Gasteiger partial charge in [0.1, 0.15) is 11.4 Å². The van der Waals surface area contributed by atoms with Crippen LogP contribution in [0, 0.1) is 34.0 Å². The standard InChI is InChI=1S/C22H33N3.C21H31N3O.C18H28O3S.C17H26O.C11H15NO.C5H8.4CO2/c1-6-7-19-15-25(24-23-19)13-12-21(22(3,4)5)18-11-10-17-9-8-16(2)20(17)14-18;1-5-6-17-14-24(23-22-17)12-11-19(21(2,3)4)16-8-7-15-9-10-20(25)18(15)13-16;1-13-6-7-14-8-9-15(12-16(13)14)17(18(2,3)4)10-11-21-22(5,19)20;1-12-5-6-13-7-8-14(11-15(12)13)16(9-10-18)17(2,3)4;1-11(2)8-12-7-9-5-3-4-6-10(9)13-11;1-3-5-4-2;4*2-1-3/h10-11,14-16,21H,6-9,12-13H2,1-5H3;7-8,13-14,19-20,25H,5-6,9-12H2,1-4H3;8-9,12-13,17H,6-7,10-11H2,1-5H3;7-8,11-12,16,18H,5-6,9-10H2,1-4H3;3-6,12H,7-8H2,1-2H3;1H,4-5H2,2H3;;;;. The third-order valence-corrected chi connectivity index (χ3v) is 23.5. The Hall–Kier alpha value is -8.95. The minimum atomic E-state index is -3.37. The lowest BCUT2D eigenvalue weighted by atomic mass is 9.74. The molecular formula is C98H141N7O14S. The number of ether oxygens (including phenoxy) is 1. The van der Waals surface area contributed by atoms with E-state index in [2.05, 4.69) is 262 Å².